The number of esters is 1. The molecular formula is C25H22N2O4. The molecule has 31 heavy (non-hydrogen) atoms. The number of allylic oxidation sites excluding steroid dienone is 1. The maximum Gasteiger partial charge on any atom is 0.330 e. The molecule has 0 saturated carbocycles. The Morgan fingerprint density at radius 2 is 1.84 bits per heavy atom. The first-order valence-corrected chi connectivity index (χ1v) is 10.4. The zero-order valence-corrected chi connectivity index (χ0v) is 16.9. The van der Waals surface area contributed by atoms with Crippen LogP contribution < -0.4 is 15.0 Å². The smallest absolute Gasteiger partial charge is 0.330 e. The van der Waals surface area contributed by atoms with Crippen molar-refractivity contribution < 1.29 is 18.7 Å². The Balaban J connectivity index is 1.59. The zero-order chi connectivity index (χ0) is 21.2. The topological polar surface area (TPSA) is 71.8 Å². The number of fused-ring (bicyclic) bond motifs is 1. The molecule has 5 rings (SSSR count). The SMILES string of the molecule is O=C(CN1c2ccccc2NC2=C(C(=O)CCC2)[C@@H]1c1ccco1)Oc1ccccc1. The molecule has 1 aliphatic carbocycles. The van der Waals surface area contributed by atoms with Crippen LogP contribution >= 0.6 is 0 Å². The lowest BCUT2D eigenvalue weighted by Gasteiger charge is -2.33. The highest BCUT2D eigenvalue weighted by atomic mass is 16.5. The van der Waals surface area contributed by atoms with Crippen LogP contribution in [0.2, 0.25) is 0 Å². The highest BCUT2D eigenvalue weighted by molar-refractivity contribution is 6.01. The van der Waals surface area contributed by atoms with Crippen LogP contribution in [0.25, 0.3) is 0 Å². The molecule has 0 unspecified atom stereocenters. The summed E-state index contributed by atoms with van der Waals surface area (Å²) in [7, 11) is 0. The molecule has 0 saturated heterocycles. The molecule has 0 radical (unpaired) electrons. The average molecular weight is 414 g/mol. The van der Waals surface area contributed by atoms with Gasteiger partial charge in [-0.1, -0.05) is 30.3 Å². The highest BCUT2D eigenvalue weighted by Gasteiger charge is 2.39. The van der Waals surface area contributed by atoms with Crippen LogP contribution in [0.4, 0.5) is 11.4 Å². The number of nitrogens with one attached hydrogen (secondary N) is 1. The number of ketones is 1. The molecule has 1 atom stereocenters. The molecule has 1 aromatic heterocycles. The summed E-state index contributed by atoms with van der Waals surface area (Å²) in [5, 5.41) is 3.46. The molecule has 0 spiro atoms. The van der Waals surface area contributed by atoms with Crippen LogP contribution in [0.1, 0.15) is 31.1 Å². The van der Waals surface area contributed by atoms with Gasteiger partial charge in [0.25, 0.3) is 0 Å². The fourth-order valence-corrected chi connectivity index (χ4v) is 4.31. The molecule has 0 bridgehead atoms. The van der Waals surface area contributed by atoms with Crippen LogP contribution in [0, 0.1) is 0 Å². The van der Waals surface area contributed by atoms with E-state index in [1.54, 1.807) is 24.5 Å². The van der Waals surface area contributed by atoms with Gasteiger partial charge in [-0.05, 0) is 49.2 Å². The molecule has 3 aromatic rings. The molecule has 156 valence electrons. The second-order valence-electron chi connectivity index (χ2n) is 7.64. The summed E-state index contributed by atoms with van der Waals surface area (Å²) in [4.78, 5) is 27.9. The number of para-hydroxylation sites is 3. The highest BCUT2D eigenvalue weighted by Crippen LogP contribution is 2.44. The van der Waals surface area contributed by atoms with E-state index in [9.17, 15) is 9.59 Å². The number of carbonyl (C=O) groups excluding carboxylic acids is 2. The van der Waals surface area contributed by atoms with Crippen molar-refractivity contribution in [3.63, 3.8) is 0 Å². The van der Waals surface area contributed by atoms with Crippen molar-refractivity contribution in [3.8, 4) is 5.75 Å². The lowest BCUT2D eigenvalue weighted by atomic mass is 9.88. The first-order valence-electron chi connectivity index (χ1n) is 10.4. The number of rotatable bonds is 4. The van der Waals surface area contributed by atoms with Crippen LogP contribution in [0.3, 0.4) is 0 Å². The molecule has 6 nitrogen and oxygen atoms in total. The second kappa shape index (κ2) is 8.14. The largest absolute Gasteiger partial charge is 0.467 e. The van der Waals surface area contributed by atoms with E-state index in [1.807, 2.05) is 53.4 Å². The summed E-state index contributed by atoms with van der Waals surface area (Å²) in [6, 6.07) is 19.9. The van der Waals surface area contributed by atoms with E-state index < -0.39 is 12.0 Å². The Morgan fingerprint density at radius 1 is 1.03 bits per heavy atom. The van der Waals surface area contributed by atoms with E-state index in [0.29, 0.717) is 23.5 Å². The summed E-state index contributed by atoms with van der Waals surface area (Å²) in [5.74, 6) is 0.764. The lowest BCUT2D eigenvalue weighted by Crippen LogP contribution is -2.38. The number of ether oxygens (including phenoxy) is 1. The van der Waals surface area contributed by atoms with Gasteiger partial charge in [0.15, 0.2) is 5.78 Å². The monoisotopic (exact) mass is 414 g/mol. The van der Waals surface area contributed by atoms with Crippen LogP contribution in [-0.2, 0) is 9.59 Å². The Kier molecular flexibility index (Phi) is 5.04. The Bertz CT molecular complexity index is 1140. The number of hydrogen-bond acceptors (Lipinski definition) is 6. The summed E-state index contributed by atoms with van der Waals surface area (Å²) in [6.45, 7) is -0.0387. The van der Waals surface area contributed by atoms with Gasteiger partial charge in [0.1, 0.15) is 24.1 Å². The number of benzene rings is 2. The van der Waals surface area contributed by atoms with E-state index in [1.165, 1.54) is 0 Å². The van der Waals surface area contributed by atoms with Gasteiger partial charge >= 0.3 is 5.97 Å². The fraction of sp³-hybridized carbons (Fsp3) is 0.200. The second-order valence-corrected chi connectivity index (χ2v) is 7.64. The van der Waals surface area contributed by atoms with E-state index in [-0.39, 0.29) is 12.3 Å². The molecule has 1 aliphatic heterocycles. The number of nitrogens with zero attached hydrogens (tertiary/aromatic N) is 1. The Morgan fingerprint density at radius 3 is 2.65 bits per heavy atom. The predicted molar refractivity (Wildman–Crippen MR) is 117 cm³/mol. The molecule has 6 heteroatoms. The van der Waals surface area contributed by atoms with Crippen molar-refractivity contribution in [1.29, 1.82) is 0 Å². The number of anilines is 2. The lowest BCUT2D eigenvalue weighted by molar-refractivity contribution is -0.133. The van der Waals surface area contributed by atoms with Gasteiger partial charge in [-0.15, -0.1) is 0 Å². The summed E-state index contributed by atoms with van der Waals surface area (Å²) >= 11 is 0. The van der Waals surface area contributed by atoms with Crippen molar-refractivity contribution in [3.05, 3.63) is 90.0 Å². The van der Waals surface area contributed by atoms with Gasteiger partial charge in [0.2, 0.25) is 0 Å². The zero-order valence-electron chi connectivity index (χ0n) is 16.9. The molecule has 1 N–H and O–H groups in total. The average Bonchev–Trinajstić information content (AvgIpc) is 3.26. The molecule has 0 amide bonds. The third kappa shape index (κ3) is 3.72. The third-order valence-corrected chi connectivity index (χ3v) is 5.63. The van der Waals surface area contributed by atoms with Gasteiger partial charge in [0, 0.05) is 17.7 Å². The van der Waals surface area contributed by atoms with Gasteiger partial charge in [-0.25, -0.2) is 4.79 Å². The van der Waals surface area contributed by atoms with Crippen molar-refractivity contribution in [2.24, 2.45) is 0 Å². The minimum absolute atomic E-state index is 0.0387. The normalized spacial score (nSPS) is 18.0. The predicted octanol–water partition coefficient (Wildman–Crippen LogP) is 4.87. The van der Waals surface area contributed by atoms with Crippen molar-refractivity contribution >= 4 is 23.1 Å². The van der Waals surface area contributed by atoms with E-state index in [4.69, 9.17) is 9.15 Å². The number of furan rings is 1. The minimum atomic E-state index is -0.516. The number of carbonyl (C=O) groups is 2. The van der Waals surface area contributed by atoms with Gasteiger partial charge in [-0.3, -0.25) is 4.79 Å². The number of Topliss-reactive ketones (excluding diaryl/α,β-unsaturated/α-hetero) is 1. The Hall–Kier alpha value is -3.80. The standard InChI is InChI=1S/C25H22N2O4/c28-21-13-6-11-19-24(21)25(22-14-7-15-30-22)27(20-12-5-4-10-18(20)26-19)16-23(29)31-17-8-2-1-3-9-17/h1-5,7-10,12,14-15,25-26H,6,11,13,16H2/t25-/m0/s1. The summed E-state index contributed by atoms with van der Waals surface area (Å²) in [5.41, 5.74) is 3.22. The molecule has 2 aliphatic rings. The molecular weight excluding hydrogens is 392 g/mol. The first kappa shape index (κ1) is 19.2. The van der Waals surface area contributed by atoms with E-state index in [2.05, 4.69) is 5.32 Å². The Labute approximate surface area is 180 Å². The summed E-state index contributed by atoms with van der Waals surface area (Å²) in [6.07, 6.45) is 3.65. The van der Waals surface area contributed by atoms with Crippen LogP contribution in [-0.4, -0.2) is 18.3 Å². The van der Waals surface area contributed by atoms with Crippen molar-refractivity contribution in [2.45, 2.75) is 25.3 Å². The third-order valence-electron chi connectivity index (χ3n) is 5.63. The van der Waals surface area contributed by atoms with Gasteiger partial charge < -0.3 is 19.4 Å². The first-order chi connectivity index (χ1) is 15.2. The molecule has 2 aromatic carbocycles. The number of hydrogen-bond donors (Lipinski definition) is 1. The van der Waals surface area contributed by atoms with E-state index in [0.717, 1.165) is 29.9 Å². The maximum absolute atomic E-state index is 13.1. The fourth-order valence-electron chi connectivity index (χ4n) is 4.31. The van der Waals surface area contributed by atoms with Crippen LogP contribution in [0.5, 0.6) is 5.75 Å². The molecule has 2 heterocycles. The van der Waals surface area contributed by atoms with E-state index >= 15 is 0 Å². The van der Waals surface area contributed by atoms with Crippen LogP contribution in [0.15, 0.2) is 88.7 Å². The van der Waals surface area contributed by atoms with Crippen molar-refractivity contribution in [2.75, 3.05) is 16.8 Å². The quantitative estimate of drug-likeness (QED) is 0.485. The maximum atomic E-state index is 13.1. The van der Waals surface area contributed by atoms with Crippen molar-refractivity contribution in [1.82, 2.24) is 0 Å². The van der Waals surface area contributed by atoms with Gasteiger partial charge in [-0.2, -0.15) is 0 Å². The van der Waals surface area contributed by atoms with Gasteiger partial charge in [0.05, 0.1) is 17.6 Å². The minimum Gasteiger partial charge on any atom is -0.467 e. The molecule has 0 fully saturated rings. The summed E-state index contributed by atoms with van der Waals surface area (Å²) < 4.78 is 11.3.